The van der Waals surface area contributed by atoms with Gasteiger partial charge in [-0.2, -0.15) is 0 Å². The molecule has 0 bridgehead atoms. The van der Waals surface area contributed by atoms with E-state index in [0.717, 1.165) is 5.70 Å². The van der Waals surface area contributed by atoms with E-state index in [2.05, 4.69) is 55.0 Å². The first-order valence-corrected chi connectivity index (χ1v) is 4.90. The summed E-state index contributed by atoms with van der Waals surface area (Å²) in [6.07, 6.45) is 17.1. The van der Waals surface area contributed by atoms with Crippen LogP contribution in [0.2, 0.25) is 0 Å². The molecule has 0 aromatic rings. The van der Waals surface area contributed by atoms with E-state index in [1.54, 1.807) is 0 Å². The molecule has 0 radical (unpaired) electrons. The fourth-order valence-electron chi connectivity index (χ4n) is 1.85. The lowest BCUT2D eigenvalue weighted by Crippen LogP contribution is -2.35. The summed E-state index contributed by atoms with van der Waals surface area (Å²) in [4.78, 5) is 2.21. The Morgan fingerprint density at radius 1 is 1.07 bits per heavy atom. The maximum Gasteiger partial charge on any atom is 0.0570 e. The van der Waals surface area contributed by atoms with Crippen LogP contribution in [0.4, 0.5) is 0 Å². The van der Waals surface area contributed by atoms with Gasteiger partial charge in [-0.25, -0.2) is 0 Å². The standard InChI is InChI=1S/C13H15N/c1-11-7-3-4-8-12-9-5-6-10-13(12)14(11)2/h3-10,12-13H,1H2,2H3/b7-3-,8-4-. The Bertz CT molecular complexity index is 344. The SMILES string of the molecule is C=C1/C=C\C=C/C2C=CC=CC2N1C. The van der Waals surface area contributed by atoms with Crippen LogP contribution in [0.15, 0.2) is 60.9 Å². The summed E-state index contributed by atoms with van der Waals surface area (Å²) in [7, 11) is 2.09. The molecule has 0 saturated carbocycles. The molecule has 0 spiro atoms. The normalized spacial score (nSPS) is 34.6. The Labute approximate surface area is 85.4 Å². The number of fused-ring (bicyclic) bond motifs is 1. The lowest BCUT2D eigenvalue weighted by Gasteiger charge is -2.33. The van der Waals surface area contributed by atoms with Gasteiger partial charge in [-0.15, -0.1) is 0 Å². The van der Waals surface area contributed by atoms with Crippen molar-refractivity contribution in [3.63, 3.8) is 0 Å². The van der Waals surface area contributed by atoms with Crippen LogP contribution in [0, 0.1) is 5.92 Å². The van der Waals surface area contributed by atoms with Gasteiger partial charge in [0.25, 0.3) is 0 Å². The third-order valence-electron chi connectivity index (χ3n) is 2.78. The summed E-state index contributed by atoms with van der Waals surface area (Å²) in [6, 6.07) is 0.411. The van der Waals surface area contributed by atoms with Crippen molar-refractivity contribution >= 4 is 0 Å². The van der Waals surface area contributed by atoms with E-state index >= 15 is 0 Å². The van der Waals surface area contributed by atoms with E-state index in [0.29, 0.717) is 12.0 Å². The quantitative estimate of drug-likeness (QED) is 0.561. The lowest BCUT2D eigenvalue weighted by molar-refractivity contribution is 0.327. The second-order valence-electron chi connectivity index (χ2n) is 3.68. The van der Waals surface area contributed by atoms with Gasteiger partial charge in [-0.05, 0) is 6.08 Å². The molecule has 1 heteroatoms. The third kappa shape index (κ3) is 1.58. The molecule has 0 aromatic carbocycles. The second kappa shape index (κ2) is 3.70. The van der Waals surface area contributed by atoms with Gasteiger partial charge in [0, 0.05) is 18.7 Å². The second-order valence-corrected chi connectivity index (χ2v) is 3.68. The zero-order valence-electron chi connectivity index (χ0n) is 8.43. The number of hydrogen-bond donors (Lipinski definition) is 0. The summed E-state index contributed by atoms with van der Waals surface area (Å²) < 4.78 is 0. The minimum absolute atomic E-state index is 0.411. The van der Waals surface area contributed by atoms with Crippen LogP contribution < -0.4 is 0 Å². The van der Waals surface area contributed by atoms with Crippen LogP contribution in [-0.2, 0) is 0 Å². The van der Waals surface area contributed by atoms with Gasteiger partial charge in [0.1, 0.15) is 0 Å². The molecule has 2 rings (SSSR count). The zero-order chi connectivity index (χ0) is 9.97. The molecule has 1 nitrogen and oxygen atoms in total. The van der Waals surface area contributed by atoms with Crippen molar-refractivity contribution in [2.45, 2.75) is 6.04 Å². The molecule has 0 N–H and O–H groups in total. The van der Waals surface area contributed by atoms with Crippen molar-refractivity contribution in [1.82, 2.24) is 4.90 Å². The molecular weight excluding hydrogens is 170 g/mol. The van der Waals surface area contributed by atoms with Gasteiger partial charge >= 0.3 is 0 Å². The average Bonchev–Trinajstić information content (AvgIpc) is 2.22. The Morgan fingerprint density at radius 3 is 2.50 bits per heavy atom. The monoisotopic (exact) mass is 185 g/mol. The molecule has 0 saturated heterocycles. The largest absolute Gasteiger partial charge is 0.368 e. The molecule has 1 aliphatic carbocycles. The topological polar surface area (TPSA) is 3.24 Å². The molecule has 2 atom stereocenters. The Balaban J connectivity index is 2.33. The van der Waals surface area contributed by atoms with Crippen LogP contribution in [0.3, 0.4) is 0 Å². The number of rotatable bonds is 0. The smallest absolute Gasteiger partial charge is 0.0570 e. The van der Waals surface area contributed by atoms with Crippen molar-refractivity contribution in [2.75, 3.05) is 7.05 Å². The van der Waals surface area contributed by atoms with E-state index in [1.165, 1.54) is 0 Å². The van der Waals surface area contributed by atoms with Crippen LogP contribution in [0.1, 0.15) is 0 Å². The zero-order valence-corrected chi connectivity index (χ0v) is 8.43. The Morgan fingerprint density at radius 2 is 1.71 bits per heavy atom. The molecule has 2 unspecified atom stereocenters. The number of likely N-dealkylation sites (N-methyl/N-ethyl adjacent to an activating group) is 1. The van der Waals surface area contributed by atoms with Crippen molar-refractivity contribution in [1.29, 1.82) is 0 Å². The van der Waals surface area contributed by atoms with Crippen LogP contribution in [0.25, 0.3) is 0 Å². The van der Waals surface area contributed by atoms with Crippen LogP contribution >= 0.6 is 0 Å². The highest BCUT2D eigenvalue weighted by Crippen LogP contribution is 2.23. The highest BCUT2D eigenvalue weighted by atomic mass is 15.1. The lowest BCUT2D eigenvalue weighted by atomic mass is 9.92. The van der Waals surface area contributed by atoms with Gasteiger partial charge in [-0.1, -0.05) is 49.1 Å². The molecule has 0 aromatic heterocycles. The third-order valence-corrected chi connectivity index (χ3v) is 2.78. The summed E-state index contributed by atoms with van der Waals surface area (Å²) >= 11 is 0. The van der Waals surface area contributed by atoms with E-state index in [9.17, 15) is 0 Å². The first-order valence-electron chi connectivity index (χ1n) is 4.90. The van der Waals surface area contributed by atoms with Gasteiger partial charge in [-0.3, -0.25) is 0 Å². The molecule has 2 aliphatic rings. The Hall–Kier alpha value is -1.50. The number of nitrogens with zero attached hydrogens (tertiary/aromatic N) is 1. The van der Waals surface area contributed by atoms with Crippen molar-refractivity contribution in [2.24, 2.45) is 5.92 Å². The Kier molecular flexibility index (Phi) is 2.40. The van der Waals surface area contributed by atoms with Crippen molar-refractivity contribution in [3.8, 4) is 0 Å². The van der Waals surface area contributed by atoms with Crippen LogP contribution in [-0.4, -0.2) is 18.0 Å². The van der Waals surface area contributed by atoms with Crippen LogP contribution in [0.5, 0.6) is 0 Å². The molecule has 1 aliphatic heterocycles. The van der Waals surface area contributed by atoms with E-state index in [4.69, 9.17) is 0 Å². The first-order chi connectivity index (χ1) is 6.79. The van der Waals surface area contributed by atoms with Gasteiger partial charge < -0.3 is 4.90 Å². The maximum atomic E-state index is 4.04. The van der Waals surface area contributed by atoms with E-state index < -0.39 is 0 Å². The maximum absolute atomic E-state index is 4.04. The highest BCUT2D eigenvalue weighted by Gasteiger charge is 2.21. The van der Waals surface area contributed by atoms with E-state index in [1.807, 2.05) is 12.2 Å². The first kappa shape index (κ1) is 9.07. The molecule has 14 heavy (non-hydrogen) atoms. The minimum Gasteiger partial charge on any atom is -0.368 e. The molecular formula is C13H15N. The number of allylic oxidation sites excluding steroid dienone is 5. The van der Waals surface area contributed by atoms with Gasteiger partial charge in [0.05, 0.1) is 6.04 Å². The summed E-state index contributed by atoms with van der Waals surface area (Å²) in [5.41, 5.74) is 1.06. The van der Waals surface area contributed by atoms with Gasteiger partial charge in [0.15, 0.2) is 0 Å². The number of hydrogen-bond acceptors (Lipinski definition) is 1. The fourth-order valence-corrected chi connectivity index (χ4v) is 1.85. The van der Waals surface area contributed by atoms with Gasteiger partial charge in [0.2, 0.25) is 0 Å². The molecule has 0 amide bonds. The highest BCUT2D eigenvalue weighted by molar-refractivity contribution is 5.29. The molecule has 1 heterocycles. The van der Waals surface area contributed by atoms with Crippen molar-refractivity contribution in [3.05, 3.63) is 60.9 Å². The summed E-state index contributed by atoms with van der Waals surface area (Å²) in [5.74, 6) is 0.465. The van der Waals surface area contributed by atoms with Crippen molar-refractivity contribution < 1.29 is 0 Å². The summed E-state index contributed by atoms with van der Waals surface area (Å²) in [6.45, 7) is 4.04. The average molecular weight is 185 g/mol. The summed E-state index contributed by atoms with van der Waals surface area (Å²) in [5, 5.41) is 0. The fraction of sp³-hybridized carbons (Fsp3) is 0.231. The minimum atomic E-state index is 0.411. The molecule has 0 fully saturated rings. The van der Waals surface area contributed by atoms with E-state index in [-0.39, 0.29) is 0 Å². The predicted octanol–water partition coefficient (Wildman–Crippen LogP) is 2.67. The predicted molar refractivity (Wildman–Crippen MR) is 60.7 cm³/mol. The molecule has 72 valence electrons.